The largest absolute Gasteiger partial charge is 0.497 e. The molecule has 0 saturated heterocycles. The first kappa shape index (κ1) is 20.8. The molecule has 0 radical (unpaired) electrons. The van der Waals surface area contributed by atoms with Crippen molar-refractivity contribution in [2.24, 2.45) is 0 Å². The van der Waals surface area contributed by atoms with Crippen LogP contribution in [-0.2, 0) is 6.42 Å². The van der Waals surface area contributed by atoms with E-state index in [4.69, 9.17) is 19.9 Å². The van der Waals surface area contributed by atoms with Crippen LogP contribution < -0.4 is 19.9 Å². The van der Waals surface area contributed by atoms with Gasteiger partial charge in [0.2, 0.25) is 0 Å². The molecular formula is C26H25N3O4. The van der Waals surface area contributed by atoms with Crippen LogP contribution in [0.2, 0.25) is 0 Å². The number of nitrogens with one attached hydrogen (secondary N) is 1. The highest BCUT2D eigenvalue weighted by atomic mass is 16.6. The summed E-state index contributed by atoms with van der Waals surface area (Å²) >= 11 is 0. The number of nitrogens with zero attached hydrogens (tertiary/aromatic N) is 1. The maximum absolute atomic E-state index is 13.3. The van der Waals surface area contributed by atoms with Gasteiger partial charge in [-0.3, -0.25) is 4.90 Å². The monoisotopic (exact) mass is 443 g/mol. The topological polar surface area (TPSA) is 89.8 Å². The Morgan fingerprint density at radius 3 is 2.24 bits per heavy atom. The summed E-state index contributed by atoms with van der Waals surface area (Å²) in [4.78, 5) is 18.6. The van der Waals surface area contributed by atoms with Crippen molar-refractivity contribution in [3.63, 3.8) is 0 Å². The lowest BCUT2D eigenvalue weighted by molar-refractivity contribution is 0.135. The zero-order valence-electron chi connectivity index (χ0n) is 18.5. The number of carbonyl (C=O) groups is 1. The smallest absolute Gasteiger partial charge is 0.416 e. The number of anilines is 1. The average Bonchev–Trinajstić information content (AvgIpc) is 3.21. The lowest BCUT2D eigenvalue weighted by Gasteiger charge is -2.35. The molecule has 0 saturated carbocycles. The van der Waals surface area contributed by atoms with Crippen molar-refractivity contribution in [2.75, 3.05) is 26.5 Å². The van der Waals surface area contributed by atoms with E-state index in [2.05, 4.69) is 4.98 Å². The fourth-order valence-corrected chi connectivity index (χ4v) is 4.44. The number of methoxy groups -OCH3 is 2. The molecule has 0 spiro atoms. The van der Waals surface area contributed by atoms with Gasteiger partial charge < -0.3 is 24.9 Å². The Balaban J connectivity index is 1.54. The number of carbonyl (C=O) groups excluding carboxylic acids is 1. The molecule has 0 bridgehead atoms. The fraction of sp³-hybridized carbons (Fsp3) is 0.192. The molecule has 3 aromatic carbocycles. The summed E-state index contributed by atoms with van der Waals surface area (Å²) in [7, 11) is 3.23. The van der Waals surface area contributed by atoms with Crippen LogP contribution in [0.5, 0.6) is 17.2 Å². The standard InChI is InChI=1S/C26H25N3O4/c1-31-18-6-3-16(4-7-18)25-24-21(22-15-17(27)5-12-23(22)28-24)13-14-29(25)26(30)33-20-10-8-19(32-2)9-11-20/h3-12,15,25,28H,13-14,27H2,1-2H3. The number of hydrogen-bond donors (Lipinski definition) is 2. The third-order valence-electron chi connectivity index (χ3n) is 6.08. The third-order valence-corrected chi connectivity index (χ3v) is 6.08. The molecule has 1 aliphatic rings. The van der Waals surface area contributed by atoms with Crippen molar-refractivity contribution in [1.29, 1.82) is 0 Å². The molecule has 1 unspecified atom stereocenters. The zero-order valence-corrected chi connectivity index (χ0v) is 18.5. The highest BCUT2D eigenvalue weighted by Crippen LogP contribution is 2.39. The Labute approximate surface area is 191 Å². The predicted octanol–water partition coefficient (Wildman–Crippen LogP) is 4.91. The predicted molar refractivity (Wildman–Crippen MR) is 127 cm³/mol. The number of rotatable bonds is 4. The summed E-state index contributed by atoms with van der Waals surface area (Å²) < 4.78 is 16.2. The number of aromatic amines is 1. The second-order valence-corrected chi connectivity index (χ2v) is 7.98. The molecular weight excluding hydrogens is 418 g/mol. The minimum atomic E-state index is -0.412. The molecule has 1 aromatic heterocycles. The maximum Gasteiger partial charge on any atom is 0.416 e. The van der Waals surface area contributed by atoms with E-state index in [1.165, 1.54) is 5.56 Å². The van der Waals surface area contributed by atoms with Crippen LogP contribution >= 0.6 is 0 Å². The Morgan fingerprint density at radius 1 is 0.939 bits per heavy atom. The van der Waals surface area contributed by atoms with E-state index < -0.39 is 6.09 Å². The lowest BCUT2D eigenvalue weighted by Crippen LogP contribution is -2.42. The van der Waals surface area contributed by atoms with Crippen LogP contribution in [0.3, 0.4) is 0 Å². The van der Waals surface area contributed by atoms with E-state index in [1.54, 1.807) is 43.4 Å². The van der Waals surface area contributed by atoms with Crippen LogP contribution in [0.15, 0.2) is 66.7 Å². The fourth-order valence-electron chi connectivity index (χ4n) is 4.44. The lowest BCUT2D eigenvalue weighted by atomic mass is 9.92. The molecule has 33 heavy (non-hydrogen) atoms. The van der Waals surface area contributed by atoms with Gasteiger partial charge in [0.1, 0.15) is 23.3 Å². The number of nitrogen functional groups attached to an aromatic ring is 1. The van der Waals surface area contributed by atoms with Gasteiger partial charge in [0.25, 0.3) is 0 Å². The Morgan fingerprint density at radius 2 is 1.58 bits per heavy atom. The van der Waals surface area contributed by atoms with Crippen LogP contribution in [0.25, 0.3) is 10.9 Å². The maximum atomic E-state index is 13.3. The zero-order chi connectivity index (χ0) is 22.9. The number of amides is 1. The molecule has 5 rings (SSSR count). The van der Waals surface area contributed by atoms with Gasteiger partial charge in [-0.05, 0) is 72.1 Å². The van der Waals surface area contributed by atoms with E-state index in [0.29, 0.717) is 30.2 Å². The van der Waals surface area contributed by atoms with Crippen molar-refractivity contribution in [3.05, 3.63) is 83.6 Å². The van der Waals surface area contributed by atoms with Gasteiger partial charge in [0.05, 0.1) is 14.2 Å². The molecule has 1 atom stereocenters. The van der Waals surface area contributed by atoms with Gasteiger partial charge in [-0.1, -0.05) is 12.1 Å². The molecule has 7 nitrogen and oxygen atoms in total. The summed E-state index contributed by atoms with van der Waals surface area (Å²) in [6, 6.07) is 20.2. The van der Waals surface area contributed by atoms with Crippen molar-refractivity contribution in [2.45, 2.75) is 12.5 Å². The molecule has 4 aromatic rings. The van der Waals surface area contributed by atoms with E-state index in [9.17, 15) is 4.79 Å². The van der Waals surface area contributed by atoms with Crippen LogP contribution in [0.4, 0.5) is 10.5 Å². The first-order valence-electron chi connectivity index (χ1n) is 10.7. The number of aromatic nitrogens is 1. The van der Waals surface area contributed by atoms with Crippen LogP contribution in [0, 0.1) is 0 Å². The number of ether oxygens (including phenoxy) is 3. The molecule has 2 heterocycles. The SMILES string of the molecule is COc1ccc(OC(=O)N2CCc3c([nH]c4ccc(N)cc34)C2c2ccc(OC)cc2)cc1. The summed E-state index contributed by atoms with van der Waals surface area (Å²) in [5.41, 5.74) is 10.9. The van der Waals surface area contributed by atoms with E-state index in [1.807, 2.05) is 42.5 Å². The van der Waals surface area contributed by atoms with Crippen molar-refractivity contribution in [1.82, 2.24) is 9.88 Å². The van der Waals surface area contributed by atoms with E-state index in [-0.39, 0.29) is 6.04 Å². The first-order chi connectivity index (χ1) is 16.1. The van der Waals surface area contributed by atoms with Crippen LogP contribution in [-0.4, -0.2) is 36.7 Å². The quantitative estimate of drug-likeness (QED) is 0.437. The second-order valence-electron chi connectivity index (χ2n) is 7.98. The van der Waals surface area contributed by atoms with E-state index in [0.717, 1.165) is 27.9 Å². The Hall–Kier alpha value is -4.13. The van der Waals surface area contributed by atoms with Gasteiger partial charge in [-0.2, -0.15) is 0 Å². The number of nitrogens with two attached hydrogens (primary N) is 1. The third kappa shape index (κ3) is 3.82. The Bertz CT molecular complexity index is 1300. The highest BCUT2D eigenvalue weighted by molar-refractivity contribution is 5.88. The Kier molecular flexibility index (Phi) is 5.30. The van der Waals surface area contributed by atoms with Crippen molar-refractivity contribution < 1.29 is 19.0 Å². The minimum absolute atomic E-state index is 0.334. The summed E-state index contributed by atoms with van der Waals surface area (Å²) in [5.74, 6) is 1.92. The van der Waals surface area contributed by atoms with Gasteiger partial charge >= 0.3 is 6.09 Å². The molecule has 1 amide bonds. The van der Waals surface area contributed by atoms with E-state index >= 15 is 0 Å². The summed E-state index contributed by atoms with van der Waals surface area (Å²) in [6.45, 7) is 0.514. The molecule has 0 fully saturated rings. The van der Waals surface area contributed by atoms with Gasteiger partial charge in [-0.25, -0.2) is 4.79 Å². The van der Waals surface area contributed by atoms with Crippen LogP contribution in [0.1, 0.15) is 22.9 Å². The van der Waals surface area contributed by atoms with Gasteiger partial charge in [0, 0.05) is 28.8 Å². The van der Waals surface area contributed by atoms with Gasteiger partial charge in [0.15, 0.2) is 0 Å². The molecule has 168 valence electrons. The summed E-state index contributed by atoms with van der Waals surface area (Å²) in [6.07, 6.45) is 0.285. The highest BCUT2D eigenvalue weighted by Gasteiger charge is 2.35. The number of benzene rings is 3. The normalized spacial score (nSPS) is 15.2. The molecule has 7 heteroatoms. The molecule has 1 aliphatic heterocycles. The number of hydrogen-bond acceptors (Lipinski definition) is 5. The molecule has 0 aliphatic carbocycles. The average molecular weight is 444 g/mol. The summed E-state index contributed by atoms with van der Waals surface area (Å²) in [5, 5.41) is 1.09. The number of H-pyrrole nitrogens is 1. The van der Waals surface area contributed by atoms with Crippen molar-refractivity contribution >= 4 is 22.7 Å². The number of fused-ring (bicyclic) bond motifs is 3. The first-order valence-corrected chi connectivity index (χ1v) is 10.7. The molecule has 3 N–H and O–H groups in total. The minimum Gasteiger partial charge on any atom is -0.497 e. The van der Waals surface area contributed by atoms with Crippen molar-refractivity contribution in [3.8, 4) is 17.2 Å². The van der Waals surface area contributed by atoms with Gasteiger partial charge in [-0.15, -0.1) is 0 Å². The second kappa shape index (κ2) is 8.43.